The summed E-state index contributed by atoms with van der Waals surface area (Å²) in [4.78, 5) is 0. The average Bonchev–Trinajstić information content (AvgIpc) is 2.48. The Kier molecular flexibility index (Phi) is 2.39. The molecular weight excluding hydrogens is 154 g/mol. The second kappa shape index (κ2) is 3.69. The van der Waals surface area contributed by atoms with Gasteiger partial charge in [0.1, 0.15) is 0 Å². The first-order valence-electron chi connectivity index (χ1n) is 4.24. The van der Waals surface area contributed by atoms with Crippen molar-refractivity contribution in [3.63, 3.8) is 0 Å². The number of nitrogens with zero attached hydrogens (tertiary/aromatic N) is 2. The Bertz CT molecular complexity index is 214. The summed E-state index contributed by atoms with van der Waals surface area (Å²) in [5.74, 6) is 0. The molecule has 2 rings (SSSR count). The molecule has 0 bridgehead atoms. The molecule has 0 spiro atoms. The fraction of sp³-hybridized carbons (Fsp3) is 0.625. The van der Waals surface area contributed by atoms with Crippen molar-refractivity contribution >= 4 is 0 Å². The van der Waals surface area contributed by atoms with Crippen molar-refractivity contribution in [3.05, 3.63) is 18.5 Å². The molecule has 4 nitrogen and oxygen atoms in total. The van der Waals surface area contributed by atoms with Crippen LogP contribution in [0.2, 0.25) is 0 Å². The van der Waals surface area contributed by atoms with E-state index in [1.165, 1.54) is 0 Å². The number of nitrogens with one attached hydrogen (secondary N) is 1. The van der Waals surface area contributed by atoms with Gasteiger partial charge in [-0.3, -0.25) is 4.68 Å². The van der Waals surface area contributed by atoms with E-state index in [1.807, 2.05) is 16.9 Å². The van der Waals surface area contributed by atoms with E-state index in [4.69, 9.17) is 4.74 Å². The van der Waals surface area contributed by atoms with Crippen molar-refractivity contribution in [2.24, 2.45) is 0 Å². The fourth-order valence-electron chi connectivity index (χ4n) is 1.36. The van der Waals surface area contributed by atoms with E-state index in [0.29, 0.717) is 6.04 Å². The maximum absolute atomic E-state index is 5.41. The summed E-state index contributed by atoms with van der Waals surface area (Å²) in [7, 11) is 0. The zero-order valence-electron chi connectivity index (χ0n) is 6.94. The van der Waals surface area contributed by atoms with Crippen molar-refractivity contribution in [2.75, 3.05) is 26.3 Å². The van der Waals surface area contributed by atoms with Crippen LogP contribution < -0.4 is 5.32 Å². The lowest BCUT2D eigenvalue weighted by Gasteiger charge is -2.13. The fourth-order valence-corrected chi connectivity index (χ4v) is 1.36. The van der Waals surface area contributed by atoms with Crippen LogP contribution in [0.4, 0.5) is 0 Å². The molecule has 0 unspecified atom stereocenters. The molecule has 66 valence electrons. The second-order valence-electron chi connectivity index (χ2n) is 2.92. The Balaban J connectivity index is 2.02. The third-order valence-corrected chi connectivity index (χ3v) is 2.01. The summed E-state index contributed by atoms with van der Waals surface area (Å²) in [6.07, 6.45) is 3.77. The molecule has 0 aromatic carbocycles. The van der Waals surface area contributed by atoms with E-state index in [2.05, 4.69) is 10.4 Å². The molecule has 4 heteroatoms. The highest BCUT2D eigenvalue weighted by molar-refractivity contribution is 4.83. The molecule has 1 aliphatic rings. The number of aromatic nitrogens is 2. The highest BCUT2D eigenvalue weighted by Gasteiger charge is 2.13. The minimum absolute atomic E-state index is 0.350. The van der Waals surface area contributed by atoms with Gasteiger partial charge in [0, 0.05) is 25.5 Å². The Hall–Kier alpha value is -0.870. The van der Waals surface area contributed by atoms with Gasteiger partial charge in [0.25, 0.3) is 0 Å². The van der Waals surface area contributed by atoms with Crippen LogP contribution in [-0.2, 0) is 4.74 Å². The molecule has 0 saturated carbocycles. The van der Waals surface area contributed by atoms with Crippen molar-refractivity contribution in [1.29, 1.82) is 0 Å². The van der Waals surface area contributed by atoms with Crippen LogP contribution in [0.15, 0.2) is 18.5 Å². The van der Waals surface area contributed by atoms with Crippen LogP contribution >= 0.6 is 0 Å². The largest absolute Gasteiger partial charge is 0.378 e. The monoisotopic (exact) mass is 167 g/mol. The maximum Gasteiger partial charge on any atom is 0.0876 e. The molecule has 1 N–H and O–H groups in total. The highest BCUT2D eigenvalue weighted by atomic mass is 16.5. The molecule has 1 saturated heterocycles. The topological polar surface area (TPSA) is 39.1 Å². The zero-order valence-corrected chi connectivity index (χ0v) is 6.94. The zero-order chi connectivity index (χ0) is 8.23. The van der Waals surface area contributed by atoms with E-state index < -0.39 is 0 Å². The van der Waals surface area contributed by atoms with E-state index >= 15 is 0 Å². The maximum atomic E-state index is 5.41. The smallest absolute Gasteiger partial charge is 0.0876 e. The molecule has 0 radical (unpaired) electrons. The minimum Gasteiger partial charge on any atom is -0.378 e. The SMILES string of the molecule is c1cnn([C@@H]2CNCCOC2)c1. The molecule has 1 aromatic heterocycles. The van der Waals surface area contributed by atoms with Crippen LogP contribution in [0.25, 0.3) is 0 Å². The summed E-state index contributed by atoms with van der Waals surface area (Å²) in [5, 5.41) is 7.48. The van der Waals surface area contributed by atoms with Gasteiger partial charge in [-0.1, -0.05) is 0 Å². The van der Waals surface area contributed by atoms with Gasteiger partial charge in [-0.05, 0) is 6.07 Å². The van der Waals surface area contributed by atoms with Gasteiger partial charge >= 0.3 is 0 Å². The average molecular weight is 167 g/mol. The summed E-state index contributed by atoms with van der Waals surface area (Å²) in [6.45, 7) is 3.45. The van der Waals surface area contributed by atoms with E-state index in [1.54, 1.807) is 6.20 Å². The molecule has 0 aliphatic carbocycles. The predicted molar refractivity (Wildman–Crippen MR) is 45.0 cm³/mol. The van der Waals surface area contributed by atoms with Crippen molar-refractivity contribution in [3.8, 4) is 0 Å². The molecule has 1 aliphatic heterocycles. The summed E-state index contributed by atoms with van der Waals surface area (Å²) in [5.41, 5.74) is 0. The second-order valence-corrected chi connectivity index (χ2v) is 2.92. The first-order chi connectivity index (χ1) is 5.97. The molecule has 0 amide bonds. The first-order valence-corrected chi connectivity index (χ1v) is 4.24. The first kappa shape index (κ1) is 7.76. The Morgan fingerprint density at radius 2 is 2.58 bits per heavy atom. The molecular formula is C8H13N3O. The van der Waals surface area contributed by atoms with Crippen LogP contribution in [0.5, 0.6) is 0 Å². The lowest BCUT2D eigenvalue weighted by molar-refractivity contribution is 0.122. The number of ether oxygens (including phenoxy) is 1. The van der Waals surface area contributed by atoms with Gasteiger partial charge in [-0.15, -0.1) is 0 Å². The van der Waals surface area contributed by atoms with E-state index in [9.17, 15) is 0 Å². The lowest BCUT2D eigenvalue weighted by atomic mass is 10.3. The Labute approximate surface area is 71.5 Å². The van der Waals surface area contributed by atoms with E-state index in [-0.39, 0.29) is 0 Å². The van der Waals surface area contributed by atoms with Gasteiger partial charge < -0.3 is 10.1 Å². The summed E-state index contributed by atoms with van der Waals surface area (Å²) >= 11 is 0. The van der Waals surface area contributed by atoms with Crippen molar-refractivity contribution in [1.82, 2.24) is 15.1 Å². The summed E-state index contributed by atoms with van der Waals surface area (Å²) in [6, 6.07) is 2.28. The van der Waals surface area contributed by atoms with Crippen LogP contribution in [0.3, 0.4) is 0 Å². The molecule has 2 heterocycles. The quantitative estimate of drug-likeness (QED) is 0.642. The normalized spacial score (nSPS) is 25.2. The predicted octanol–water partition coefficient (Wildman–Crippen LogP) is 0.0440. The molecule has 1 aromatic rings. The lowest BCUT2D eigenvalue weighted by Crippen LogP contribution is -2.25. The minimum atomic E-state index is 0.350. The number of rotatable bonds is 1. The van der Waals surface area contributed by atoms with Gasteiger partial charge in [-0.25, -0.2) is 0 Å². The molecule has 1 atom stereocenters. The van der Waals surface area contributed by atoms with E-state index in [0.717, 1.165) is 26.3 Å². The third-order valence-electron chi connectivity index (χ3n) is 2.01. The van der Waals surface area contributed by atoms with Gasteiger partial charge in [0.15, 0.2) is 0 Å². The van der Waals surface area contributed by atoms with Gasteiger partial charge in [0.05, 0.1) is 19.3 Å². The highest BCUT2D eigenvalue weighted by Crippen LogP contribution is 2.05. The van der Waals surface area contributed by atoms with Crippen LogP contribution in [-0.4, -0.2) is 36.1 Å². The van der Waals surface area contributed by atoms with Crippen LogP contribution in [0, 0.1) is 0 Å². The van der Waals surface area contributed by atoms with Gasteiger partial charge in [0.2, 0.25) is 0 Å². The molecule has 12 heavy (non-hydrogen) atoms. The van der Waals surface area contributed by atoms with Crippen LogP contribution in [0.1, 0.15) is 6.04 Å². The Morgan fingerprint density at radius 3 is 3.42 bits per heavy atom. The number of hydrogen-bond acceptors (Lipinski definition) is 3. The third kappa shape index (κ3) is 1.65. The molecule has 1 fully saturated rings. The van der Waals surface area contributed by atoms with Crippen molar-refractivity contribution in [2.45, 2.75) is 6.04 Å². The standard InChI is InChI=1S/C8H13N3O/c1-2-10-11(4-1)8-6-9-3-5-12-7-8/h1-2,4,8-9H,3,5-7H2/t8-/m1/s1. The Morgan fingerprint density at radius 1 is 1.58 bits per heavy atom. The summed E-state index contributed by atoms with van der Waals surface area (Å²) < 4.78 is 7.35. The van der Waals surface area contributed by atoms with Crippen molar-refractivity contribution < 1.29 is 4.74 Å². The van der Waals surface area contributed by atoms with Gasteiger partial charge in [-0.2, -0.15) is 5.10 Å². The number of hydrogen-bond donors (Lipinski definition) is 1.